The number of amides is 2. The average Bonchev–Trinajstić information content (AvgIpc) is 3.74. The molecule has 0 unspecified atom stereocenters. The molecule has 0 atom stereocenters. The number of imidazole rings is 2. The quantitative estimate of drug-likeness (QED) is 0.142. The zero-order valence-electron chi connectivity index (χ0n) is 31.3. The van der Waals surface area contributed by atoms with E-state index in [-0.39, 0.29) is 40.8 Å². The number of methoxy groups -OCH3 is 1. The minimum Gasteiger partial charge on any atom is -0.478 e. The van der Waals surface area contributed by atoms with Crippen molar-refractivity contribution in [3.8, 4) is 0 Å². The number of halogens is 4. The molecule has 2 aliphatic heterocycles. The van der Waals surface area contributed by atoms with Crippen molar-refractivity contribution in [2.45, 2.75) is 37.8 Å². The van der Waals surface area contributed by atoms with Crippen molar-refractivity contribution in [3.05, 3.63) is 136 Å². The summed E-state index contributed by atoms with van der Waals surface area (Å²) in [4.78, 5) is 82.5. The first kappa shape index (κ1) is 41.6. The third kappa shape index (κ3) is 8.62. The second kappa shape index (κ2) is 17.4. The topological polar surface area (TPSA) is 180 Å². The van der Waals surface area contributed by atoms with Crippen LogP contribution in [0.4, 0.5) is 0 Å². The van der Waals surface area contributed by atoms with Crippen LogP contribution in [-0.4, -0.2) is 91.1 Å². The number of carboxylic acid groups (broad SMARTS) is 1. The fourth-order valence-electron chi connectivity index (χ4n) is 7.69. The molecule has 6 aromatic rings. The predicted molar refractivity (Wildman–Crippen MR) is 225 cm³/mol. The number of carbonyl (C=O) groups is 4. The number of carboxylic acids is 1. The van der Waals surface area contributed by atoms with Crippen LogP contribution in [0.15, 0.2) is 82.4 Å². The van der Waals surface area contributed by atoms with Crippen molar-refractivity contribution < 1.29 is 29.0 Å². The van der Waals surface area contributed by atoms with Gasteiger partial charge in [-0.1, -0.05) is 46.4 Å². The van der Waals surface area contributed by atoms with E-state index >= 15 is 0 Å². The summed E-state index contributed by atoms with van der Waals surface area (Å²) < 4.78 is 8.08. The lowest BCUT2D eigenvalue weighted by molar-refractivity contribution is 0.0599. The number of nitrogens with zero attached hydrogens (tertiary/aromatic N) is 4. The van der Waals surface area contributed by atoms with Gasteiger partial charge in [0.1, 0.15) is 0 Å². The van der Waals surface area contributed by atoms with E-state index in [0.717, 1.165) is 5.52 Å². The van der Waals surface area contributed by atoms with Gasteiger partial charge in [0, 0.05) is 48.3 Å². The molecule has 2 aromatic heterocycles. The Morgan fingerprint density at radius 3 is 1.41 bits per heavy atom. The van der Waals surface area contributed by atoms with E-state index in [1.807, 2.05) is 0 Å². The van der Waals surface area contributed by atoms with Crippen LogP contribution in [-0.2, 0) is 4.74 Å². The van der Waals surface area contributed by atoms with E-state index in [1.165, 1.54) is 19.2 Å². The summed E-state index contributed by atoms with van der Waals surface area (Å²) >= 11 is 24.1. The maximum atomic E-state index is 12.8. The summed E-state index contributed by atoms with van der Waals surface area (Å²) in [7, 11) is 1.31. The van der Waals surface area contributed by atoms with Crippen LogP contribution < -0.4 is 11.4 Å². The van der Waals surface area contributed by atoms with Gasteiger partial charge < -0.3 is 29.6 Å². The summed E-state index contributed by atoms with van der Waals surface area (Å²) in [5, 5.41) is 10.7. The molecule has 0 saturated carbocycles. The lowest BCUT2D eigenvalue weighted by Gasteiger charge is -2.32. The molecular formula is C41H36Cl4N6O8. The van der Waals surface area contributed by atoms with Gasteiger partial charge in [0.2, 0.25) is 0 Å². The van der Waals surface area contributed by atoms with Gasteiger partial charge in [0.25, 0.3) is 11.8 Å². The third-order valence-electron chi connectivity index (χ3n) is 10.7. The van der Waals surface area contributed by atoms with Gasteiger partial charge in [-0.25, -0.2) is 19.2 Å². The molecule has 2 amide bonds. The fraction of sp³-hybridized carbons (Fsp3) is 0.268. The van der Waals surface area contributed by atoms with Crippen LogP contribution in [0.25, 0.3) is 22.1 Å². The largest absolute Gasteiger partial charge is 0.478 e. The Balaban J connectivity index is 0.000000179. The molecule has 0 spiro atoms. The molecule has 2 fully saturated rings. The number of nitrogens with one attached hydrogen (secondary N) is 2. The van der Waals surface area contributed by atoms with Crippen LogP contribution >= 0.6 is 46.4 Å². The van der Waals surface area contributed by atoms with Crippen molar-refractivity contribution in [2.24, 2.45) is 0 Å². The first-order chi connectivity index (χ1) is 28.2. The molecule has 2 aliphatic rings. The smallest absolute Gasteiger partial charge is 0.337 e. The van der Waals surface area contributed by atoms with Gasteiger partial charge in [-0.15, -0.1) is 0 Å². The van der Waals surface area contributed by atoms with Crippen LogP contribution in [0.1, 0.15) is 79.2 Å². The Bertz CT molecular complexity index is 2740. The Hall–Kier alpha value is -5.54. The van der Waals surface area contributed by atoms with Gasteiger partial charge in [0.05, 0.1) is 61.5 Å². The molecule has 0 bridgehead atoms. The number of piperidine rings is 2. The number of aromatic amines is 2. The van der Waals surface area contributed by atoms with Crippen molar-refractivity contribution in [1.29, 1.82) is 0 Å². The van der Waals surface area contributed by atoms with Crippen LogP contribution in [0.2, 0.25) is 20.1 Å². The van der Waals surface area contributed by atoms with Crippen molar-refractivity contribution in [2.75, 3.05) is 33.3 Å². The normalized spacial score (nSPS) is 14.9. The second-order valence-electron chi connectivity index (χ2n) is 14.2. The maximum Gasteiger partial charge on any atom is 0.337 e. The minimum atomic E-state index is -1.05. The zero-order chi connectivity index (χ0) is 42.1. The highest BCUT2D eigenvalue weighted by Gasteiger charge is 2.29. The number of esters is 1. The first-order valence-corrected chi connectivity index (χ1v) is 20.0. The number of rotatable bonds is 6. The average molecular weight is 883 g/mol. The number of aromatic nitrogens is 4. The minimum absolute atomic E-state index is 0.0556. The number of likely N-dealkylation sites (tertiary alicyclic amines) is 2. The number of aromatic carboxylic acids is 1. The summed E-state index contributed by atoms with van der Waals surface area (Å²) in [6.45, 7) is 1.97. The molecule has 8 rings (SSSR count). The van der Waals surface area contributed by atoms with E-state index in [4.69, 9.17) is 56.2 Å². The number of fused-ring (bicyclic) bond motifs is 2. The molecule has 59 heavy (non-hydrogen) atoms. The molecule has 18 heteroatoms. The molecule has 14 nitrogen and oxygen atoms in total. The van der Waals surface area contributed by atoms with Crippen molar-refractivity contribution in [1.82, 2.24) is 28.9 Å². The number of hydrogen-bond acceptors (Lipinski definition) is 7. The molecule has 306 valence electrons. The highest BCUT2D eigenvalue weighted by molar-refractivity contribution is 6.37. The first-order valence-electron chi connectivity index (χ1n) is 18.5. The second-order valence-corrected chi connectivity index (χ2v) is 15.8. The SMILES string of the molecule is COC(=O)c1ccc2c(c1)[nH]c(=O)n2C1CCN(C(=O)c2ccc(Cl)cc2Cl)CC1.O=C(O)c1ccc2c(c1)[nH]c(=O)n2C1CCN(C(=O)c2ccc(Cl)cc2Cl)CC1. The van der Waals surface area contributed by atoms with E-state index in [2.05, 4.69) is 9.97 Å². The number of H-pyrrole nitrogens is 2. The van der Waals surface area contributed by atoms with E-state index in [0.29, 0.717) is 105 Å². The monoisotopic (exact) mass is 880 g/mol. The standard InChI is InChI=1S/C21H19Cl2N3O4.C20H17Cl2N3O4/c1-30-20(28)12-2-5-18-17(10-12)24-21(29)26(18)14-6-8-25(9-7-14)19(27)15-4-3-13(22)11-16(15)23;21-12-2-3-14(15(22)10-12)18(26)24-7-5-13(6-8-24)25-17-4-1-11(19(27)28)9-16(17)23-20(25)29/h2-5,10-11,14H,6-9H2,1H3,(H,24,29);1-4,9-10,13H,5-8H2,(H,23,29)(H,27,28). The molecule has 4 aromatic carbocycles. The Morgan fingerprint density at radius 1 is 0.610 bits per heavy atom. The Labute approximate surface area is 355 Å². The summed E-state index contributed by atoms with van der Waals surface area (Å²) in [5.41, 5.74) is 3.23. The van der Waals surface area contributed by atoms with Crippen LogP contribution in [0.3, 0.4) is 0 Å². The highest BCUT2D eigenvalue weighted by Crippen LogP contribution is 2.30. The molecule has 2 saturated heterocycles. The van der Waals surface area contributed by atoms with Gasteiger partial charge in [-0.2, -0.15) is 0 Å². The van der Waals surface area contributed by atoms with Crippen LogP contribution in [0.5, 0.6) is 0 Å². The zero-order valence-corrected chi connectivity index (χ0v) is 34.4. The van der Waals surface area contributed by atoms with Crippen molar-refractivity contribution in [3.63, 3.8) is 0 Å². The number of benzene rings is 4. The van der Waals surface area contributed by atoms with Gasteiger partial charge in [-0.05, 0) is 98.5 Å². The highest BCUT2D eigenvalue weighted by atomic mass is 35.5. The van der Waals surface area contributed by atoms with E-state index < -0.39 is 11.9 Å². The number of carbonyl (C=O) groups excluding carboxylic acids is 3. The molecule has 0 aliphatic carbocycles. The van der Waals surface area contributed by atoms with Gasteiger partial charge in [-0.3, -0.25) is 18.7 Å². The van der Waals surface area contributed by atoms with Crippen molar-refractivity contribution >= 4 is 92.2 Å². The Morgan fingerprint density at radius 2 is 1.02 bits per heavy atom. The third-order valence-corrected chi connectivity index (χ3v) is 11.8. The predicted octanol–water partition coefficient (Wildman–Crippen LogP) is 7.71. The molecule has 3 N–H and O–H groups in total. The maximum absolute atomic E-state index is 12.8. The summed E-state index contributed by atoms with van der Waals surface area (Å²) in [6, 6.07) is 19.0. The lowest BCUT2D eigenvalue weighted by Crippen LogP contribution is -2.40. The van der Waals surface area contributed by atoms with Crippen LogP contribution in [0, 0.1) is 0 Å². The molecule has 4 heterocycles. The fourth-order valence-corrected chi connectivity index (χ4v) is 8.66. The van der Waals surface area contributed by atoms with E-state index in [9.17, 15) is 28.8 Å². The lowest BCUT2D eigenvalue weighted by atomic mass is 10.0. The number of hydrogen-bond donors (Lipinski definition) is 3. The summed E-state index contributed by atoms with van der Waals surface area (Å²) in [5.74, 6) is -1.82. The number of ether oxygens (including phenoxy) is 1. The van der Waals surface area contributed by atoms with Gasteiger partial charge >= 0.3 is 23.3 Å². The van der Waals surface area contributed by atoms with E-state index in [1.54, 1.807) is 79.6 Å². The molecular weight excluding hydrogens is 846 g/mol. The van der Waals surface area contributed by atoms with Gasteiger partial charge in [0.15, 0.2) is 0 Å². The Kier molecular flexibility index (Phi) is 12.2. The molecule has 0 radical (unpaired) electrons. The summed E-state index contributed by atoms with van der Waals surface area (Å²) in [6.07, 6.45) is 2.46.